The lowest BCUT2D eigenvalue weighted by Crippen LogP contribution is -2.35. The van der Waals surface area contributed by atoms with E-state index in [-0.39, 0.29) is 5.60 Å². The molecule has 1 saturated carbocycles. The molecule has 2 rings (SSSR count). The van der Waals surface area contributed by atoms with E-state index in [2.05, 4.69) is 76.6 Å². The maximum atomic E-state index is 6.53. The molecule has 3 unspecified atom stereocenters. The zero-order chi connectivity index (χ0) is 13.9. The van der Waals surface area contributed by atoms with E-state index < -0.39 is 0 Å². The Balaban J connectivity index is 2.16. The Morgan fingerprint density at radius 1 is 1.37 bits per heavy atom. The van der Waals surface area contributed by atoms with Crippen LogP contribution in [-0.4, -0.2) is 10.5 Å². The van der Waals surface area contributed by atoms with Crippen LogP contribution in [0, 0.1) is 5.92 Å². The molecule has 106 valence electrons. The monoisotopic (exact) mass is 436 g/mol. The van der Waals surface area contributed by atoms with Crippen molar-refractivity contribution in [3.63, 3.8) is 0 Å². The fraction of sp³-hybridized carbons (Fsp3) is 0.625. The van der Waals surface area contributed by atoms with Crippen LogP contribution in [0.15, 0.2) is 28.7 Å². The summed E-state index contributed by atoms with van der Waals surface area (Å²) in [6.07, 6.45) is 5.49. The van der Waals surface area contributed by atoms with Crippen molar-refractivity contribution in [1.29, 1.82) is 0 Å². The van der Waals surface area contributed by atoms with E-state index in [1.54, 1.807) is 0 Å². The highest BCUT2D eigenvalue weighted by atomic mass is 127. The minimum absolute atomic E-state index is 0.192. The summed E-state index contributed by atoms with van der Waals surface area (Å²) in [6, 6.07) is 8.43. The number of benzene rings is 1. The van der Waals surface area contributed by atoms with Crippen LogP contribution in [0.3, 0.4) is 0 Å². The summed E-state index contributed by atoms with van der Waals surface area (Å²) in [6.45, 7) is 4.56. The van der Waals surface area contributed by atoms with Gasteiger partial charge in [-0.3, -0.25) is 0 Å². The lowest BCUT2D eigenvalue weighted by atomic mass is 9.87. The molecule has 1 aromatic carbocycles. The van der Waals surface area contributed by atoms with Crippen LogP contribution in [-0.2, 0) is 10.3 Å². The van der Waals surface area contributed by atoms with Gasteiger partial charge >= 0.3 is 0 Å². The van der Waals surface area contributed by atoms with E-state index >= 15 is 0 Å². The summed E-state index contributed by atoms with van der Waals surface area (Å²) >= 11 is 6.11. The number of ether oxygens (including phenoxy) is 1. The summed E-state index contributed by atoms with van der Waals surface area (Å²) < 4.78 is 8.65. The van der Waals surface area contributed by atoms with Crippen LogP contribution in [0.1, 0.15) is 45.1 Å². The Labute approximate surface area is 138 Å². The molecule has 0 aliphatic heterocycles. The molecule has 0 radical (unpaired) electrons. The first-order valence-electron chi connectivity index (χ1n) is 7.04. The fourth-order valence-corrected chi connectivity index (χ4v) is 4.21. The quantitative estimate of drug-likeness (QED) is 0.434. The highest BCUT2D eigenvalue weighted by Crippen LogP contribution is 2.37. The first kappa shape index (κ1) is 15.8. The van der Waals surface area contributed by atoms with Crippen LogP contribution in [0.4, 0.5) is 0 Å². The Morgan fingerprint density at radius 3 is 2.74 bits per heavy atom. The molecule has 0 N–H and O–H groups in total. The maximum Gasteiger partial charge on any atom is 0.101 e. The average molecular weight is 437 g/mol. The number of halogens is 2. The summed E-state index contributed by atoms with van der Waals surface area (Å²) in [5, 5.41) is 0. The van der Waals surface area contributed by atoms with Crippen molar-refractivity contribution in [2.75, 3.05) is 4.43 Å². The Morgan fingerprint density at radius 2 is 2.11 bits per heavy atom. The van der Waals surface area contributed by atoms with Gasteiger partial charge in [-0.2, -0.15) is 0 Å². The van der Waals surface area contributed by atoms with Gasteiger partial charge in [0.1, 0.15) is 5.60 Å². The van der Waals surface area contributed by atoms with Gasteiger partial charge in [0.2, 0.25) is 0 Å². The van der Waals surface area contributed by atoms with Gasteiger partial charge in [-0.1, -0.05) is 76.5 Å². The number of hydrogen-bond donors (Lipinski definition) is 0. The van der Waals surface area contributed by atoms with Crippen molar-refractivity contribution in [3.05, 3.63) is 34.3 Å². The highest BCUT2D eigenvalue weighted by Gasteiger charge is 2.33. The summed E-state index contributed by atoms with van der Waals surface area (Å²) in [4.78, 5) is 0. The Hall–Kier alpha value is 0.390. The molecule has 3 atom stereocenters. The third-order valence-corrected chi connectivity index (χ3v) is 6.16. The SMILES string of the molecule is CC1CCCC(OC(C)(CI)c2ccccc2Br)C1. The van der Waals surface area contributed by atoms with Crippen LogP contribution in [0.25, 0.3) is 0 Å². The van der Waals surface area contributed by atoms with Crippen molar-refractivity contribution in [1.82, 2.24) is 0 Å². The van der Waals surface area contributed by atoms with Crippen LogP contribution >= 0.6 is 38.5 Å². The first-order chi connectivity index (χ1) is 9.05. The van der Waals surface area contributed by atoms with Crippen LogP contribution in [0.5, 0.6) is 0 Å². The summed E-state index contributed by atoms with van der Waals surface area (Å²) in [5.41, 5.74) is 1.07. The molecule has 1 aliphatic carbocycles. The second-order valence-electron chi connectivity index (χ2n) is 5.86. The fourth-order valence-electron chi connectivity index (χ4n) is 2.91. The van der Waals surface area contributed by atoms with Gasteiger partial charge in [0.25, 0.3) is 0 Å². The topological polar surface area (TPSA) is 9.23 Å². The third kappa shape index (κ3) is 3.94. The smallest absolute Gasteiger partial charge is 0.101 e. The Kier molecular flexibility index (Phi) is 5.73. The summed E-state index contributed by atoms with van der Waals surface area (Å²) in [7, 11) is 0. The normalized spacial score (nSPS) is 26.9. The lowest BCUT2D eigenvalue weighted by Gasteiger charge is -2.37. The molecule has 0 bridgehead atoms. The molecule has 1 nitrogen and oxygen atoms in total. The molecular formula is C16H22BrIO. The van der Waals surface area contributed by atoms with E-state index in [9.17, 15) is 0 Å². The third-order valence-electron chi connectivity index (χ3n) is 4.01. The largest absolute Gasteiger partial charge is 0.367 e. The van der Waals surface area contributed by atoms with Crippen molar-refractivity contribution < 1.29 is 4.74 Å². The zero-order valence-electron chi connectivity index (χ0n) is 11.7. The second kappa shape index (κ2) is 6.90. The van der Waals surface area contributed by atoms with E-state index in [4.69, 9.17) is 4.74 Å². The van der Waals surface area contributed by atoms with Crippen molar-refractivity contribution in [2.45, 2.75) is 51.2 Å². The van der Waals surface area contributed by atoms with E-state index in [0.29, 0.717) is 6.10 Å². The first-order valence-corrected chi connectivity index (χ1v) is 9.36. The number of alkyl halides is 1. The number of rotatable bonds is 4. The van der Waals surface area contributed by atoms with Gasteiger partial charge in [0.15, 0.2) is 0 Å². The predicted molar refractivity (Wildman–Crippen MR) is 92.9 cm³/mol. The maximum absolute atomic E-state index is 6.53. The molecule has 1 aliphatic rings. The van der Waals surface area contributed by atoms with Crippen LogP contribution in [0.2, 0.25) is 0 Å². The van der Waals surface area contributed by atoms with Crippen molar-refractivity contribution in [2.24, 2.45) is 5.92 Å². The molecule has 3 heteroatoms. The van der Waals surface area contributed by atoms with Gasteiger partial charge in [-0.15, -0.1) is 0 Å². The predicted octanol–water partition coefficient (Wildman–Crippen LogP) is 5.69. The zero-order valence-corrected chi connectivity index (χ0v) is 15.4. The lowest BCUT2D eigenvalue weighted by molar-refractivity contribution is -0.0909. The highest BCUT2D eigenvalue weighted by molar-refractivity contribution is 14.1. The van der Waals surface area contributed by atoms with E-state index in [0.717, 1.165) is 14.8 Å². The molecule has 1 aromatic rings. The van der Waals surface area contributed by atoms with Gasteiger partial charge < -0.3 is 4.74 Å². The van der Waals surface area contributed by atoms with Crippen molar-refractivity contribution in [3.8, 4) is 0 Å². The second-order valence-corrected chi connectivity index (χ2v) is 7.47. The molecule has 0 heterocycles. The Bertz CT molecular complexity index is 423. The van der Waals surface area contributed by atoms with Gasteiger partial charge in [-0.05, 0) is 37.3 Å². The molecule has 1 fully saturated rings. The standard InChI is InChI=1S/C16H22BrIO/c1-12-6-5-7-13(10-12)19-16(2,11-18)14-8-3-4-9-15(14)17/h3-4,8-9,12-13H,5-7,10-11H2,1-2H3. The van der Waals surface area contributed by atoms with E-state index in [1.165, 1.54) is 31.2 Å². The molecule has 0 spiro atoms. The minimum atomic E-state index is -0.192. The minimum Gasteiger partial charge on any atom is -0.367 e. The van der Waals surface area contributed by atoms with Gasteiger partial charge in [-0.25, -0.2) is 0 Å². The average Bonchev–Trinajstić information content (AvgIpc) is 2.39. The number of hydrogen-bond acceptors (Lipinski definition) is 1. The van der Waals surface area contributed by atoms with Gasteiger partial charge in [0.05, 0.1) is 6.10 Å². The molecule has 0 aromatic heterocycles. The molecule has 0 saturated heterocycles. The molecule has 0 amide bonds. The molecule has 19 heavy (non-hydrogen) atoms. The van der Waals surface area contributed by atoms with Crippen LogP contribution < -0.4 is 0 Å². The van der Waals surface area contributed by atoms with Crippen molar-refractivity contribution >= 4 is 38.5 Å². The van der Waals surface area contributed by atoms with Gasteiger partial charge in [0, 0.05) is 8.90 Å². The van der Waals surface area contributed by atoms with E-state index in [1.807, 2.05) is 0 Å². The summed E-state index contributed by atoms with van der Waals surface area (Å²) in [5.74, 6) is 0.802. The molecular weight excluding hydrogens is 415 g/mol.